The zero-order valence-electron chi connectivity index (χ0n) is 10.6. The first-order valence-electron chi connectivity index (χ1n) is 5.80. The Bertz CT molecular complexity index is 620. The molecule has 4 heteroatoms. The number of benzene rings is 2. The van der Waals surface area contributed by atoms with E-state index in [1.807, 2.05) is 19.1 Å². The van der Waals surface area contributed by atoms with E-state index in [1.165, 1.54) is 12.1 Å². The molecule has 0 saturated carbocycles. The van der Waals surface area contributed by atoms with Crippen molar-refractivity contribution in [3.63, 3.8) is 0 Å². The fourth-order valence-electron chi connectivity index (χ4n) is 1.81. The first-order valence-corrected chi connectivity index (χ1v) is 6.60. The molecule has 0 spiro atoms. The Balaban J connectivity index is 2.25. The number of nitrogens with one attached hydrogen (secondary N) is 1. The van der Waals surface area contributed by atoms with E-state index in [0.29, 0.717) is 11.3 Å². The third-order valence-corrected chi connectivity index (χ3v) is 3.33. The van der Waals surface area contributed by atoms with Gasteiger partial charge in [0.15, 0.2) is 0 Å². The van der Waals surface area contributed by atoms with Crippen molar-refractivity contribution in [2.75, 3.05) is 5.32 Å². The summed E-state index contributed by atoms with van der Waals surface area (Å²) in [6.07, 6.45) is 0. The van der Waals surface area contributed by atoms with Crippen LogP contribution in [0.1, 0.15) is 21.5 Å². The normalized spacial score (nSPS) is 10.3. The molecule has 98 valence electrons. The molecular weight excluding hydrogens is 309 g/mol. The number of hydrogen-bond donors (Lipinski definition) is 1. The molecule has 2 aromatic rings. The summed E-state index contributed by atoms with van der Waals surface area (Å²) in [4.78, 5) is 12.1. The van der Waals surface area contributed by atoms with Crippen LogP contribution in [-0.2, 0) is 0 Å². The van der Waals surface area contributed by atoms with Crippen molar-refractivity contribution in [3.05, 3.63) is 63.4 Å². The van der Waals surface area contributed by atoms with Crippen LogP contribution in [-0.4, -0.2) is 5.91 Å². The molecule has 0 bridgehead atoms. The van der Waals surface area contributed by atoms with Gasteiger partial charge in [-0.05, 0) is 71.2 Å². The van der Waals surface area contributed by atoms with E-state index < -0.39 is 0 Å². The highest BCUT2D eigenvalue weighted by Crippen LogP contribution is 2.20. The van der Waals surface area contributed by atoms with E-state index in [1.54, 1.807) is 19.1 Å². The van der Waals surface area contributed by atoms with Crippen LogP contribution in [0, 0.1) is 19.7 Å². The molecule has 0 aliphatic rings. The molecule has 0 aliphatic heterocycles. The van der Waals surface area contributed by atoms with Crippen LogP contribution in [0.3, 0.4) is 0 Å². The first kappa shape index (κ1) is 13.7. The SMILES string of the molecule is Cc1cc(F)cc(NC(=O)c2ccc(C)cc2Br)c1. The number of anilines is 1. The Labute approximate surface area is 119 Å². The minimum atomic E-state index is -0.363. The maximum absolute atomic E-state index is 13.3. The number of rotatable bonds is 2. The van der Waals surface area contributed by atoms with E-state index >= 15 is 0 Å². The zero-order chi connectivity index (χ0) is 14.0. The lowest BCUT2D eigenvalue weighted by Gasteiger charge is -2.08. The second-order valence-corrected chi connectivity index (χ2v) is 5.31. The summed E-state index contributed by atoms with van der Waals surface area (Å²) < 4.78 is 14.0. The highest BCUT2D eigenvalue weighted by Gasteiger charge is 2.10. The van der Waals surface area contributed by atoms with Crippen molar-refractivity contribution in [1.82, 2.24) is 0 Å². The summed E-state index contributed by atoms with van der Waals surface area (Å²) >= 11 is 3.36. The summed E-state index contributed by atoms with van der Waals surface area (Å²) in [5.74, 6) is -0.629. The molecule has 0 heterocycles. The molecule has 1 amide bonds. The smallest absolute Gasteiger partial charge is 0.256 e. The summed E-state index contributed by atoms with van der Waals surface area (Å²) in [7, 11) is 0. The number of amides is 1. The average molecular weight is 322 g/mol. The van der Waals surface area contributed by atoms with Gasteiger partial charge in [0.05, 0.1) is 5.56 Å². The Morgan fingerprint density at radius 3 is 2.47 bits per heavy atom. The molecule has 0 atom stereocenters. The van der Waals surface area contributed by atoms with Gasteiger partial charge in [-0.1, -0.05) is 6.07 Å². The molecule has 0 aliphatic carbocycles. The fraction of sp³-hybridized carbons (Fsp3) is 0.133. The summed E-state index contributed by atoms with van der Waals surface area (Å²) in [6.45, 7) is 3.73. The molecule has 1 N–H and O–H groups in total. The second-order valence-electron chi connectivity index (χ2n) is 4.45. The summed E-state index contributed by atoms with van der Waals surface area (Å²) in [5, 5.41) is 2.69. The van der Waals surface area contributed by atoms with Gasteiger partial charge < -0.3 is 5.32 Å². The van der Waals surface area contributed by atoms with Crippen LogP contribution in [0.25, 0.3) is 0 Å². The molecule has 2 rings (SSSR count). The Kier molecular flexibility index (Phi) is 4.00. The van der Waals surface area contributed by atoms with Gasteiger partial charge in [0.1, 0.15) is 5.82 Å². The molecule has 0 radical (unpaired) electrons. The highest BCUT2D eigenvalue weighted by atomic mass is 79.9. The Morgan fingerprint density at radius 2 is 1.84 bits per heavy atom. The van der Waals surface area contributed by atoms with Gasteiger partial charge in [-0.25, -0.2) is 4.39 Å². The van der Waals surface area contributed by atoms with Gasteiger partial charge in [0, 0.05) is 10.2 Å². The molecular formula is C15H13BrFNO. The number of carbonyl (C=O) groups excluding carboxylic acids is 1. The van der Waals surface area contributed by atoms with Crippen molar-refractivity contribution < 1.29 is 9.18 Å². The van der Waals surface area contributed by atoms with Crippen LogP contribution in [0.5, 0.6) is 0 Å². The van der Waals surface area contributed by atoms with E-state index in [2.05, 4.69) is 21.2 Å². The van der Waals surface area contributed by atoms with E-state index in [9.17, 15) is 9.18 Å². The molecule has 0 unspecified atom stereocenters. The summed E-state index contributed by atoms with van der Waals surface area (Å²) in [5.41, 5.74) is 2.80. The third-order valence-electron chi connectivity index (χ3n) is 2.67. The van der Waals surface area contributed by atoms with Crippen molar-refractivity contribution in [3.8, 4) is 0 Å². The van der Waals surface area contributed by atoms with Crippen molar-refractivity contribution in [2.24, 2.45) is 0 Å². The quantitative estimate of drug-likeness (QED) is 0.869. The van der Waals surface area contributed by atoms with Crippen LogP contribution < -0.4 is 5.32 Å². The maximum atomic E-state index is 13.3. The van der Waals surface area contributed by atoms with Crippen LogP contribution >= 0.6 is 15.9 Å². The highest BCUT2D eigenvalue weighted by molar-refractivity contribution is 9.10. The van der Waals surface area contributed by atoms with Gasteiger partial charge in [-0.3, -0.25) is 4.79 Å². The summed E-state index contributed by atoms with van der Waals surface area (Å²) in [6, 6.07) is 9.90. The van der Waals surface area contributed by atoms with E-state index in [-0.39, 0.29) is 11.7 Å². The molecule has 2 aromatic carbocycles. The van der Waals surface area contributed by atoms with Crippen LogP contribution in [0.15, 0.2) is 40.9 Å². The Morgan fingerprint density at radius 1 is 1.11 bits per heavy atom. The van der Waals surface area contributed by atoms with Gasteiger partial charge in [-0.2, -0.15) is 0 Å². The van der Waals surface area contributed by atoms with Gasteiger partial charge >= 0.3 is 0 Å². The lowest BCUT2D eigenvalue weighted by atomic mass is 10.1. The largest absolute Gasteiger partial charge is 0.322 e. The molecule has 19 heavy (non-hydrogen) atoms. The third kappa shape index (κ3) is 3.41. The number of halogens is 2. The minimum Gasteiger partial charge on any atom is -0.322 e. The van der Waals surface area contributed by atoms with Gasteiger partial charge in [0.2, 0.25) is 0 Å². The molecule has 0 aromatic heterocycles. The van der Waals surface area contributed by atoms with Crippen molar-refractivity contribution in [1.29, 1.82) is 0 Å². The van der Waals surface area contributed by atoms with Crippen LogP contribution in [0.2, 0.25) is 0 Å². The molecule has 0 saturated heterocycles. The second kappa shape index (κ2) is 5.53. The lowest BCUT2D eigenvalue weighted by Crippen LogP contribution is -2.13. The van der Waals surface area contributed by atoms with E-state index in [4.69, 9.17) is 0 Å². The number of carbonyl (C=O) groups is 1. The Hall–Kier alpha value is -1.68. The van der Waals surface area contributed by atoms with Crippen molar-refractivity contribution >= 4 is 27.5 Å². The van der Waals surface area contributed by atoms with Gasteiger partial charge in [0.25, 0.3) is 5.91 Å². The lowest BCUT2D eigenvalue weighted by molar-refractivity contribution is 0.102. The monoisotopic (exact) mass is 321 g/mol. The first-order chi connectivity index (χ1) is 8.95. The predicted molar refractivity (Wildman–Crippen MR) is 78.0 cm³/mol. The maximum Gasteiger partial charge on any atom is 0.256 e. The number of hydrogen-bond acceptors (Lipinski definition) is 1. The molecule has 0 fully saturated rings. The zero-order valence-corrected chi connectivity index (χ0v) is 12.2. The van der Waals surface area contributed by atoms with E-state index in [0.717, 1.165) is 15.6 Å². The molecule has 2 nitrogen and oxygen atoms in total. The fourth-order valence-corrected chi connectivity index (χ4v) is 2.48. The van der Waals surface area contributed by atoms with Gasteiger partial charge in [-0.15, -0.1) is 0 Å². The minimum absolute atomic E-state index is 0.267. The van der Waals surface area contributed by atoms with Crippen molar-refractivity contribution in [2.45, 2.75) is 13.8 Å². The predicted octanol–water partition coefficient (Wildman–Crippen LogP) is 4.46. The van der Waals surface area contributed by atoms with Crippen LogP contribution in [0.4, 0.5) is 10.1 Å². The standard InChI is InChI=1S/C15H13BrFNO/c1-9-3-4-13(14(16)7-9)15(19)18-12-6-10(2)5-11(17)8-12/h3-8H,1-2H3,(H,18,19). The number of aryl methyl sites for hydroxylation is 2. The topological polar surface area (TPSA) is 29.1 Å². The average Bonchev–Trinajstić information content (AvgIpc) is 2.26.